The van der Waals surface area contributed by atoms with Crippen LogP contribution in [0.25, 0.3) is 0 Å². The van der Waals surface area contributed by atoms with Crippen LogP contribution < -0.4 is 0 Å². The first kappa shape index (κ1) is 13.1. The average molecular weight is 226 g/mol. The lowest BCUT2D eigenvalue weighted by atomic mass is 9.90. The monoisotopic (exact) mass is 226 g/mol. The number of rotatable bonds is 6. The van der Waals surface area contributed by atoms with Crippen molar-refractivity contribution in [3.63, 3.8) is 0 Å². The normalized spacial score (nSPS) is 24.9. The molecule has 0 N–H and O–H groups in total. The van der Waals surface area contributed by atoms with Gasteiger partial charge >= 0.3 is 0 Å². The quantitative estimate of drug-likeness (QED) is 0.697. The average Bonchev–Trinajstić information content (AvgIpc) is 2.50. The molecule has 1 aliphatic heterocycles. The molecule has 0 radical (unpaired) electrons. The number of ketones is 1. The van der Waals surface area contributed by atoms with Gasteiger partial charge in [0, 0.05) is 0 Å². The first-order valence-electron chi connectivity index (χ1n) is 6.18. The fourth-order valence-electron chi connectivity index (χ4n) is 2.10. The van der Waals surface area contributed by atoms with Gasteiger partial charge in [0.25, 0.3) is 0 Å². The van der Waals surface area contributed by atoms with Gasteiger partial charge in [-0.25, -0.2) is 0 Å². The number of Topliss-reactive ketones (excluding diaryl/α,β-unsaturated/α-hetero) is 1. The minimum absolute atomic E-state index is 0.0304. The van der Waals surface area contributed by atoms with Gasteiger partial charge in [0.2, 0.25) is 11.5 Å². The summed E-state index contributed by atoms with van der Waals surface area (Å²) in [5.41, 5.74) is -0.651. The summed E-state index contributed by atoms with van der Waals surface area (Å²) in [6.07, 6.45) is 3.31. The highest BCUT2D eigenvalue weighted by atomic mass is 16.6. The van der Waals surface area contributed by atoms with Gasteiger partial charge in [0.15, 0.2) is 5.60 Å². The van der Waals surface area contributed by atoms with Crippen LogP contribution in [-0.4, -0.2) is 18.0 Å². The zero-order valence-electron chi connectivity index (χ0n) is 10.8. The lowest BCUT2D eigenvalue weighted by molar-refractivity contribution is -0.134. The summed E-state index contributed by atoms with van der Waals surface area (Å²) in [4.78, 5) is 12.3. The van der Waals surface area contributed by atoms with E-state index < -0.39 is 5.60 Å². The lowest BCUT2D eigenvalue weighted by Crippen LogP contribution is -2.37. The molecule has 0 saturated carbocycles. The summed E-state index contributed by atoms with van der Waals surface area (Å²) in [5, 5.41) is 0. The Hall–Kier alpha value is -0.990. The second-order valence-corrected chi connectivity index (χ2v) is 4.26. The topological polar surface area (TPSA) is 35.5 Å². The lowest BCUT2D eigenvalue weighted by Gasteiger charge is -2.25. The summed E-state index contributed by atoms with van der Waals surface area (Å²) < 4.78 is 11.3. The summed E-state index contributed by atoms with van der Waals surface area (Å²) >= 11 is 0. The second kappa shape index (κ2) is 5.37. The van der Waals surface area contributed by atoms with E-state index in [4.69, 9.17) is 9.47 Å². The second-order valence-electron chi connectivity index (χ2n) is 4.26. The third kappa shape index (κ3) is 2.23. The standard InChI is InChI=1S/C13H22O3/c1-5-8-13(7-3)12(14)11(10(4)16-13)15-9-6-2/h5-9H2,1-4H3. The van der Waals surface area contributed by atoms with Gasteiger partial charge in [-0.3, -0.25) is 4.79 Å². The molecule has 92 valence electrons. The van der Waals surface area contributed by atoms with Crippen molar-refractivity contribution in [2.75, 3.05) is 6.61 Å². The van der Waals surface area contributed by atoms with E-state index in [1.165, 1.54) is 0 Å². The maximum absolute atomic E-state index is 12.3. The Balaban J connectivity index is 2.82. The van der Waals surface area contributed by atoms with Crippen LogP contribution in [0.1, 0.15) is 53.4 Å². The minimum Gasteiger partial charge on any atom is -0.487 e. The summed E-state index contributed by atoms with van der Waals surface area (Å²) in [6.45, 7) is 8.47. The van der Waals surface area contributed by atoms with E-state index in [2.05, 4.69) is 6.92 Å². The third-order valence-corrected chi connectivity index (χ3v) is 2.96. The molecule has 1 rings (SSSR count). The molecule has 0 fully saturated rings. The number of allylic oxidation sites excluding steroid dienone is 1. The van der Waals surface area contributed by atoms with E-state index in [-0.39, 0.29) is 5.78 Å². The molecule has 0 bridgehead atoms. The Kier molecular flexibility index (Phi) is 4.39. The van der Waals surface area contributed by atoms with Crippen LogP contribution in [0.4, 0.5) is 0 Å². The summed E-state index contributed by atoms with van der Waals surface area (Å²) in [6, 6.07) is 0. The highest BCUT2D eigenvalue weighted by Gasteiger charge is 2.47. The highest BCUT2D eigenvalue weighted by molar-refractivity contribution is 6.02. The maximum Gasteiger partial charge on any atom is 0.244 e. The molecule has 0 aromatic rings. The predicted molar refractivity (Wildman–Crippen MR) is 63.0 cm³/mol. The Labute approximate surface area is 97.8 Å². The maximum atomic E-state index is 12.3. The molecule has 0 saturated heterocycles. The molecule has 1 atom stereocenters. The fourth-order valence-corrected chi connectivity index (χ4v) is 2.10. The number of hydrogen-bond donors (Lipinski definition) is 0. The number of ether oxygens (including phenoxy) is 2. The third-order valence-electron chi connectivity index (χ3n) is 2.96. The van der Waals surface area contributed by atoms with Gasteiger partial charge < -0.3 is 9.47 Å². The SMILES string of the molecule is CCCOC1=C(C)OC(CC)(CCC)C1=O. The molecule has 1 aliphatic rings. The van der Waals surface area contributed by atoms with E-state index in [1.807, 2.05) is 20.8 Å². The van der Waals surface area contributed by atoms with Gasteiger partial charge in [-0.15, -0.1) is 0 Å². The molecule has 0 amide bonds. The van der Waals surface area contributed by atoms with Crippen LogP contribution >= 0.6 is 0 Å². The van der Waals surface area contributed by atoms with Crippen molar-refractivity contribution in [3.8, 4) is 0 Å². The molecular formula is C13H22O3. The number of carbonyl (C=O) groups excluding carboxylic acids is 1. The highest BCUT2D eigenvalue weighted by Crippen LogP contribution is 2.37. The van der Waals surface area contributed by atoms with Crippen molar-refractivity contribution in [1.82, 2.24) is 0 Å². The van der Waals surface area contributed by atoms with E-state index in [1.54, 1.807) is 0 Å². The Bertz CT molecular complexity index is 294. The van der Waals surface area contributed by atoms with Crippen molar-refractivity contribution >= 4 is 5.78 Å². The fraction of sp³-hybridized carbons (Fsp3) is 0.769. The van der Waals surface area contributed by atoms with Gasteiger partial charge in [-0.05, 0) is 26.2 Å². The molecule has 3 heteroatoms. The van der Waals surface area contributed by atoms with Gasteiger partial charge in [0.05, 0.1) is 6.61 Å². The Morgan fingerprint density at radius 3 is 2.44 bits per heavy atom. The zero-order valence-corrected chi connectivity index (χ0v) is 10.8. The molecule has 1 heterocycles. The smallest absolute Gasteiger partial charge is 0.244 e. The minimum atomic E-state index is -0.651. The van der Waals surface area contributed by atoms with Crippen LogP contribution in [-0.2, 0) is 14.3 Å². The molecule has 0 spiro atoms. The van der Waals surface area contributed by atoms with E-state index in [9.17, 15) is 4.79 Å². The largest absolute Gasteiger partial charge is 0.487 e. The van der Waals surface area contributed by atoms with Crippen LogP contribution in [0, 0.1) is 0 Å². The molecule has 0 aromatic carbocycles. The molecule has 0 aliphatic carbocycles. The van der Waals surface area contributed by atoms with Crippen LogP contribution in [0.3, 0.4) is 0 Å². The molecule has 1 unspecified atom stereocenters. The van der Waals surface area contributed by atoms with E-state index in [0.29, 0.717) is 24.5 Å². The Morgan fingerprint density at radius 2 is 1.94 bits per heavy atom. The Morgan fingerprint density at radius 1 is 1.25 bits per heavy atom. The van der Waals surface area contributed by atoms with Crippen molar-refractivity contribution in [2.24, 2.45) is 0 Å². The van der Waals surface area contributed by atoms with Crippen LogP contribution in [0.5, 0.6) is 0 Å². The van der Waals surface area contributed by atoms with Crippen molar-refractivity contribution in [3.05, 3.63) is 11.5 Å². The number of carbonyl (C=O) groups is 1. The summed E-state index contributed by atoms with van der Waals surface area (Å²) in [5.74, 6) is 1.12. The predicted octanol–water partition coefficient (Wildman–Crippen LogP) is 3.19. The number of hydrogen-bond acceptors (Lipinski definition) is 3. The first-order chi connectivity index (χ1) is 7.61. The van der Waals surface area contributed by atoms with Crippen LogP contribution in [0.15, 0.2) is 11.5 Å². The molecule has 16 heavy (non-hydrogen) atoms. The zero-order chi connectivity index (χ0) is 12.2. The molecule has 0 aromatic heterocycles. The van der Waals surface area contributed by atoms with Gasteiger partial charge in [0.1, 0.15) is 5.76 Å². The van der Waals surface area contributed by atoms with Gasteiger partial charge in [-0.1, -0.05) is 27.2 Å². The van der Waals surface area contributed by atoms with Crippen molar-refractivity contribution < 1.29 is 14.3 Å². The molecule has 3 nitrogen and oxygen atoms in total. The van der Waals surface area contributed by atoms with Crippen LogP contribution in [0.2, 0.25) is 0 Å². The molecular weight excluding hydrogens is 204 g/mol. The first-order valence-corrected chi connectivity index (χ1v) is 6.18. The van der Waals surface area contributed by atoms with Crippen molar-refractivity contribution in [1.29, 1.82) is 0 Å². The summed E-state index contributed by atoms with van der Waals surface area (Å²) in [7, 11) is 0. The van der Waals surface area contributed by atoms with E-state index >= 15 is 0 Å². The van der Waals surface area contributed by atoms with Crippen molar-refractivity contribution in [2.45, 2.75) is 59.0 Å². The van der Waals surface area contributed by atoms with Gasteiger partial charge in [-0.2, -0.15) is 0 Å². The van der Waals surface area contributed by atoms with E-state index in [0.717, 1.165) is 19.3 Å².